The van der Waals surface area contributed by atoms with Gasteiger partial charge in [-0.05, 0) is 37.6 Å². The SMILES string of the molecule is CC(=O)Nc1ccc(NC2CCOC2C)cc1. The molecule has 1 heterocycles. The lowest BCUT2D eigenvalue weighted by molar-refractivity contribution is -0.114. The lowest BCUT2D eigenvalue weighted by Crippen LogP contribution is -2.26. The Bertz CT molecular complexity index is 389. The van der Waals surface area contributed by atoms with Crippen molar-refractivity contribution in [3.63, 3.8) is 0 Å². The summed E-state index contributed by atoms with van der Waals surface area (Å²) < 4.78 is 5.49. The molecule has 2 rings (SSSR count). The molecule has 0 bridgehead atoms. The normalized spacial score (nSPS) is 23.4. The van der Waals surface area contributed by atoms with Gasteiger partial charge in [0, 0.05) is 24.9 Å². The van der Waals surface area contributed by atoms with Gasteiger partial charge in [0.15, 0.2) is 0 Å². The van der Waals surface area contributed by atoms with Crippen LogP contribution in [0.2, 0.25) is 0 Å². The molecule has 0 aromatic heterocycles. The number of nitrogens with one attached hydrogen (secondary N) is 2. The summed E-state index contributed by atoms with van der Waals surface area (Å²) >= 11 is 0. The lowest BCUT2D eigenvalue weighted by Gasteiger charge is -2.17. The van der Waals surface area contributed by atoms with E-state index in [-0.39, 0.29) is 12.0 Å². The van der Waals surface area contributed by atoms with Crippen molar-refractivity contribution in [2.24, 2.45) is 0 Å². The highest BCUT2D eigenvalue weighted by Gasteiger charge is 2.23. The van der Waals surface area contributed by atoms with E-state index in [9.17, 15) is 4.79 Å². The second kappa shape index (κ2) is 5.19. The predicted octanol–water partition coefficient (Wildman–Crippen LogP) is 2.23. The minimum atomic E-state index is -0.0523. The van der Waals surface area contributed by atoms with Crippen LogP contribution in [0.4, 0.5) is 11.4 Å². The quantitative estimate of drug-likeness (QED) is 0.843. The third-order valence-corrected chi connectivity index (χ3v) is 2.93. The maximum absolute atomic E-state index is 10.9. The van der Waals surface area contributed by atoms with E-state index < -0.39 is 0 Å². The first-order chi connectivity index (χ1) is 8.15. The van der Waals surface area contributed by atoms with E-state index in [4.69, 9.17) is 4.74 Å². The second-order valence-electron chi connectivity index (χ2n) is 4.37. The number of carbonyl (C=O) groups is 1. The van der Waals surface area contributed by atoms with E-state index >= 15 is 0 Å². The summed E-state index contributed by atoms with van der Waals surface area (Å²) in [5, 5.41) is 6.18. The fraction of sp³-hybridized carbons (Fsp3) is 0.462. The summed E-state index contributed by atoms with van der Waals surface area (Å²) in [7, 11) is 0. The minimum absolute atomic E-state index is 0.0523. The van der Waals surface area contributed by atoms with Gasteiger partial charge in [0.05, 0.1) is 12.1 Å². The molecule has 4 nitrogen and oxygen atoms in total. The van der Waals surface area contributed by atoms with Crippen molar-refractivity contribution in [2.45, 2.75) is 32.4 Å². The molecular formula is C13H18N2O2. The molecule has 0 spiro atoms. The van der Waals surface area contributed by atoms with Gasteiger partial charge in [0.25, 0.3) is 0 Å². The van der Waals surface area contributed by atoms with Crippen LogP contribution >= 0.6 is 0 Å². The van der Waals surface area contributed by atoms with E-state index in [1.807, 2.05) is 24.3 Å². The fourth-order valence-electron chi connectivity index (χ4n) is 1.99. The molecule has 1 aromatic rings. The average Bonchev–Trinajstić information content (AvgIpc) is 2.67. The molecule has 1 aliphatic rings. The second-order valence-corrected chi connectivity index (χ2v) is 4.37. The number of ether oxygens (including phenoxy) is 1. The smallest absolute Gasteiger partial charge is 0.221 e. The Balaban J connectivity index is 1.95. The van der Waals surface area contributed by atoms with Crippen molar-refractivity contribution in [1.82, 2.24) is 0 Å². The standard InChI is InChI=1S/C13H18N2O2/c1-9-13(7-8-17-9)15-12-5-3-11(4-6-12)14-10(2)16/h3-6,9,13,15H,7-8H2,1-2H3,(H,14,16). The van der Waals surface area contributed by atoms with E-state index in [0.29, 0.717) is 6.04 Å². The summed E-state index contributed by atoms with van der Waals surface area (Å²) in [6.45, 7) is 4.41. The minimum Gasteiger partial charge on any atom is -0.380 e. The van der Waals surface area contributed by atoms with Crippen LogP contribution in [0.25, 0.3) is 0 Å². The van der Waals surface area contributed by atoms with Crippen LogP contribution in [0.1, 0.15) is 20.3 Å². The molecule has 0 saturated carbocycles. The van der Waals surface area contributed by atoms with Crippen molar-refractivity contribution in [2.75, 3.05) is 17.2 Å². The topological polar surface area (TPSA) is 50.4 Å². The molecule has 92 valence electrons. The van der Waals surface area contributed by atoms with Gasteiger partial charge in [-0.2, -0.15) is 0 Å². The number of hydrogen-bond acceptors (Lipinski definition) is 3. The molecular weight excluding hydrogens is 216 g/mol. The van der Waals surface area contributed by atoms with Crippen LogP contribution in [0.5, 0.6) is 0 Å². The van der Waals surface area contributed by atoms with Crippen molar-refractivity contribution in [1.29, 1.82) is 0 Å². The number of amides is 1. The van der Waals surface area contributed by atoms with Crippen LogP contribution in [-0.2, 0) is 9.53 Å². The van der Waals surface area contributed by atoms with Crippen molar-refractivity contribution >= 4 is 17.3 Å². The number of benzene rings is 1. The van der Waals surface area contributed by atoms with E-state index in [2.05, 4.69) is 17.6 Å². The van der Waals surface area contributed by atoms with Crippen molar-refractivity contribution in [3.05, 3.63) is 24.3 Å². The maximum Gasteiger partial charge on any atom is 0.221 e. The van der Waals surface area contributed by atoms with Crippen molar-refractivity contribution < 1.29 is 9.53 Å². The predicted molar refractivity (Wildman–Crippen MR) is 68.2 cm³/mol. The first-order valence-corrected chi connectivity index (χ1v) is 5.91. The summed E-state index contributed by atoms with van der Waals surface area (Å²) in [6, 6.07) is 8.10. The van der Waals surface area contributed by atoms with Crippen LogP contribution in [-0.4, -0.2) is 24.7 Å². The molecule has 2 unspecified atom stereocenters. The van der Waals surface area contributed by atoms with Gasteiger partial charge in [-0.25, -0.2) is 0 Å². The number of carbonyl (C=O) groups excluding carboxylic acids is 1. The van der Waals surface area contributed by atoms with Crippen LogP contribution in [0.15, 0.2) is 24.3 Å². The van der Waals surface area contributed by atoms with E-state index in [0.717, 1.165) is 24.4 Å². The van der Waals surface area contributed by atoms with E-state index in [1.54, 1.807) is 0 Å². The molecule has 2 atom stereocenters. The van der Waals surface area contributed by atoms with Gasteiger partial charge >= 0.3 is 0 Å². The van der Waals surface area contributed by atoms with Crippen molar-refractivity contribution in [3.8, 4) is 0 Å². The first-order valence-electron chi connectivity index (χ1n) is 5.91. The molecule has 1 aromatic carbocycles. The Morgan fingerprint density at radius 1 is 1.29 bits per heavy atom. The molecule has 4 heteroatoms. The molecule has 1 aliphatic heterocycles. The van der Waals surface area contributed by atoms with Crippen LogP contribution in [0, 0.1) is 0 Å². The summed E-state index contributed by atoms with van der Waals surface area (Å²) in [4.78, 5) is 10.9. The van der Waals surface area contributed by atoms with Crippen LogP contribution < -0.4 is 10.6 Å². The summed E-state index contributed by atoms with van der Waals surface area (Å²) in [5.41, 5.74) is 1.88. The number of hydrogen-bond donors (Lipinski definition) is 2. The molecule has 1 amide bonds. The zero-order chi connectivity index (χ0) is 12.3. The third kappa shape index (κ3) is 3.20. The Morgan fingerprint density at radius 2 is 1.94 bits per heavy atom. The fourth-order valence-corrected chi connectivity index (χ4v) is 1.99. The maximum atomic E-state index is 10.9. The summed E-state index contributed by atoms with van der Waals surface area (Å²) in [5.74, 6) is -0.0523. The highest BCUT2D eigenvalue weighted by atomic mass is 16.5. The highest BCUT2D eigenvalue weighted by Crippen LogP contribution is 2.20. The Hall–Kier alpha value is -1.55. The van der Waals surface area contributed by atoms with E-state index in [1.165, 1.54) is 6.92 Å². The summed E-state index contributed by atoms with van der Waals surface area (Å²) in [6.07, 6.45) is 1.29. The monoisotopic (exact) mass is 234 g/mol. The zero-order valence-electron chi connectivity index (χ0n) is 10.2. The van der Waals surface area contributed by atoms with Crippen LogP contribution in [0.3, 0.4) is 0 Å². The highest BCUT2D eigenvalue weighted by molar-refractivity contribution is 5.88. The number of anilines is 2. The first kappa shape index (κ1) is 11.9. The van der Waals surface area contributed by atoms with Gasteiger partial charge < -0.3 is 15.4 Å². The molecule has 0 radical (unpaired) electrons. The third-order valence-electron chi connectivity index (χ3n) is 2.93. The Labute approximate surface area is 101 Å². The largest absolute Gasteiger partial charge is 0.380 e. The van der Waals surface area contributed by atoms with Gasteiger partial charge in [0.2, 0.25) is 5.91 Å². The Morgan fingerprint density at radius 3 is 2.47 bits per heavy atom. The van der Waals surface area contributed by atoms with Gasteiger partial charge in [0.1, 0.15) is 0 Å². The molecule has 1 saturated heterocycles. The van der Waals surface area contributed by atoms with Gasteiger partial charge in [-0.15, -0.1) is 0 Å². The average molecular weight is 234 g/mol. The molecule has 0 aliphatic carbocycles. The zero-order valence-corrected chi connectivity index (χ0v) is 10.2. The number of rotatable bonds is 3. The molecule has 17 heavy (non-hydrogen) atoms. The van der Waals surface area contributed by atoms with Gasteiger partial charge in [-0.3, -0.25) is 4.79 Å². The lowest BCUT2D eigenvalue weighted by atomic mass is 10.1. The molecule has 1 fully saturated rings. The molecule has 2 N–H and O–H groups in total. The van der Waals surface area contributed by atoms with Gasteiger partial charge in [-0.1, -0.05) is 0 Å². The Kier molecular flexibility index (Phi) is 3.64.